The number of amides is 1. The summed E-state index contributed by atoms with van der Waals surface area (Å²) >= 11 is 5.97. The summed E-state index contributed by atoms with van der Waals surface area (Å²) in [6, 6.07) is 10.3. The summed E-state index contributed by atoms with van der Waals surface area (Å²) in [5, 5.41) is 3.03. The van der Waals surface area contributed by atoms with Gasteiger partial charge in [0.1, 0.15) is 5.75 Å². The molecule has 1 saturated heterocycles. The van der Waals surface area contributed by atoms with Crippen LogP contribution < -0.4 is 10.1 Å². The quantitative estimate of drug-likeness (QED) is 0.581. The maximum atomic E-state index is 12.9. The first-order valence-corrected chi connectivity index (χ1v) is 12.5. The van der Waals surface area contributed by atoms with Gasteiger partial charge in [-0.2, -0.15) is 4.31 Å². The monoisotopic (exact) mass is 494 g/mol. The Bertz CT molecular complexity index is 1100. The largest absolute Gasteiger partial charge is 0.495 e. The van der Waals surface area contributed by atoms with Crippen LogP contribution in [0.4, 0.5) is 5.69 Å². The van der Waals surface area contributed by atoms with E-state index in [0.29, 0.717) is 29.5 Å². The summed E-state index contributed by atoms with van der Waals surface area (Å²) in [5.74, 6) is -0.897. The Morgan fingerprint density at radius 1 is 1.03 bits per heavy atom. The lowest BCUT2D eigenvalue weighted by Gasteiger charge is -2.20. The van der Waals surface area contributed by atoms with Crippen molar-refractivity contribution < 1.29 is 27.5 Å². The average molecular weight is 495 g/mol. The molecule has 178 valence electrons. The molecule has 3 rings (SSSR count). The second-order valence-corrected chi connectivity index (χ2v) is 10.1. The lowest BCUT2D eigenvalue weighted by atomic mass is 10.2. The Morgan fingerprint density at radius 3 is 2.27 bits per heavy atom. The molecule has 0 radical (unpaired) electrons. The van der Waals surface area contributed by atoms with Crippen LogP contribution in [-0.2, 0) is 19.6 Å². The fourth-order valence-electron chi connectivity index (χ4n) is 3.49. The third kappa shape index (κ3) is 6.25. The van der Waals surface area contributed by atoms with Crippen LogP contribution in [0, 0.1) is 0 Å². The van der Waals surface area contributed by atoms with Crippen molar-refractivity contribution >= 4 is 39.2 Å². The number of halogens is 1. The highest BCUT2D eigenvalue weighted by Crippen LogP contribution is 2.28. The zero-order valence-electron chi connectivity index (χ0n) is 18.5. The molecule has 33 heavy (non-hydrogen) atoms. The van der Waals surface area contributed by atoms with E-state index in [1.807, 2.05) is 0 Å². The Labute approximate surface area is 198 Å². The van der Waals surface area contributed by atoms with Crippen LogP contribution in [0.5, 0.6) is 5.75 Å². The number of sulfonamides is 1. The molecule has 8 nitrogen and oxygen atoms in total. The number of ether oxygens (including phenoxy) is 2. The molecular weight excluding hydrogens is 468 g/mol. The van der Waals surface area contributed by atoms with Crippen molar-refractivity contribution in [2.45, 2.75) is 43.6 Å². The Hall–Kier alpha value is -2.62. The summed E-state index contributed by atoms with van der Waals surface area (Å²) in [7, 11) is -2.16. The van der Waals surface area contributed by atoms with Crippen molar-refractivity contribution in [2.75, 3.05) is 25.5 Å². The zero-order chi connectivity index (χ0) is 24.0. The van der Waals surface area contributed by atoms with Gasteiger partial charge in [-0.15, -0.1) is 0 Å². The number of carbonyl (C=O) groups excluding carboxylic acids is 2. The van der Waals surface area contributed by atoms with Gasteiger partial charge in [0.25, 0.3) is 5.91 Å². The summed E-state index contributed by atoms with van der Waals surface area (Å²) in [6.07, 6.45) is 2.61. The third-order valence-electron chi connectivity index (χ3n) is 5.37. The first-order chi connectivity index (χ1) is 15.7. The number of carbonyl (C=O) groups is 2. The summed E-state index contributed by atoms with van der Waals surface area (Å²) < 4.78 is 37.7. The first kappa shape index (κ1) is 25.0. The van der Waals surface area contributed by atoms with E-state index in [1.165, 1.54) is 48.7 Å². The van der Waals surface area contributed by atoms with E-state index in [9.17, 15) is 18.0 Å². The van der Waals surface area contributed by atoms with E-state index in [2.05, 4.69) is 5.32 Å². The van der Waals surface area contributed by atoms with Crippen molar-refractivity contribution in [1.29, 1.82) is 0 Å². The van der Waals surface area contributed by atoms with Gasteiger partial charge in [-0.3, -0.25) is 4.79 Å². The van der Waals surface area contributed by atoms with Crippen LogP contribution in [0.15, 0.2) is 47.4 Å². The minimum absolute atomic E-state index is 0.125. The van der Waals surface area contributed by atoms with Gasteiger partial charge in [0.05, 0.1) is 23.3 Å². The Kier molecular flexibility index (Phi) is 8.34. The molecule has 2 aromatic carbocycles. The molecule has 1 N–H and O–H groups in total. The lowest BCUT2D eigenvalue weighted by molar-refractivity contribution is -0.123. The van der Waals surface area contributed by atoms with Gasteiger partial charge in [-0.05, 0) is 62.2 Å². The maximum Gasteiger partial charge on any atom is 0.338 e. The number of anilines is 1. The minimum Gasteiger partial charge on any atom is -0.495 e. The number of nitrogens with one attached hydrogen (secondary N) is 1. The van der Waals surface area contributed by atoms with Gasteiger partial charge in [0.15, 0.2) is 6.10 Å². The van der Waals surface area contributed by atoms with Crippen molar-refractivity contribution in [1.82, 2.24) is 4.31 Å². The highest BCUT2D eigenvalue weighted by Gasteiger charge is 2.26. The number of nitrogens with zero attached hydrogens (tertiary/aromatic N) is 1. The van der Waals surface area contributed by atoms with Crippen molar-refractivity contribution in [3.63, 3.8) is 0 Å². The molecule has 0 saturated carbocycles. The minimum atomic E-state index is -3.61. The highest BCUT2D eigenvalue weighted by molar-refractivity contribution is 7.89. The van der Waals surface area contributed by atoms with E-state index in [1.54, 1.807) is 12.1 Å². The van der Waals surface area contributed by atoms with Crippen molar-refractivity contribution in [3.05, 3.63) is 53.1 Å². The maximum absolute atomic E-state index is 12.9. The zero-order valence-corrected chi connectivity index (χ0v) is 20.1. The molecule has 1 heterocycles. The molecule has 1 fully saturated rings. The molecule has 1 unspecified atom stereocenters. The van der Waals surface area contributed by atoms with Crippen molar-refractivity contribution in [3.8, 4) is 5.75 Å². The van der Waals surface area contributed by atoms with Gasteiger partial charge in [-0.1, -0.05) is 24.4 Å². The lowest BCUT2D eigenvalue weighted by Crippen LogP contribution is -2.32. The fourth-order valence-corrected chi connectivity index (χ4v) is 5.18. The number of benzene rings is 2. The molecule has 1 atom stereocenters. The van der Waals surface area contributed by atoms with Crippen molar-refractivity contribution in [2.24, 2.45) is 0 Å². The molecular formula is C23H27ClN2O6S. The molecule has 0 aliphatic carbocycles. The van der Waals surface area contributed by atoms with Gasteiger partial charge in [0, 0.05) is 18.1 Å². The second-order valence-electron chi connectivity index (χ2n) is 7.72. The van der Waals surface area contributed by atoms with Crippen LogP contribution in [0.2, 0.25) is 5.02 Å². The predicted molar refractivity (Wildman–Crippen MR) is 125 cm³/mol. The van der Waals surface area contributed by atoms with Crippen LogP contribution in [0.3, 0.4) is 0 Å². The molecule has 2 aromatic rings. The average Bonchev–Trinajstić information content (AvgIpc) is 3.09. The van der Waals surface area contributed by atoms with Crippen LogP contribution >= 0.6 is 11.6 Å². The summed E-state index contributed by atoms with van der Waals surface area (Å²) in [6.45, 7) is 2.43. The number of hydrogen-bond acceptors (Lipinski definition) is 6. The Morgan fingerprint density at radius 2 is 1.67 bits per heavy atom. The van der Waals surface area contributed by atoms with Gasteiger partial charge >= 0.3 is 5.97 Å². The highest BCUT2D eigenvalue weighted by atomic mass is 35.5. The van der Waals surface area contributed by atoms with E-state index < -0.39 is 28.0 Å². The van der Waals surface area contributed by atoms with Crippen LogP contribution in [0.25, 0.3) is 0 Å². The van der Waals surface area contributed by atoms with E-state index in [0.717, 1.165) is 25.7 Å². The molecule has 1 aliphatic rings. The summed E-state index contributed by atoms with van der Waals surface area (Å²) in [4.78, 5) is 25.1. The molecule has 0 spiro atoms. The predicted octanol–water partition coefficient (Wildman–Crippen LogP) is 4.10. The Balaban J connectivity index is 1.64. The van der Waals surface area contributed by atoms with E-state index >= 15 is 0 Å². The summed E-state index contributed by atoms with van der Waals surface area (Å²) in [5.41, 5.74) is 0.491. The number of methoxy groups -OCH3 is 1. The van der Waals surface area contributed by atoms with Crippen LogP contribution in [0.1, 0.15) is 43.0 Å². The van der Waals surface area contributed by atoms with Gasteiger partial charge < -0.3 is 14.8 Å². The fraction of sp³-hybridized carbons (Fsp3) is 0.391. The van der Waals surface area contributed by atoms with E-state index in [4.69, 9.17) is 21.1 Å². The SMILES string of the molecule is COc1ccc(Cl)cc1NC(=O)C(C)OC(=O)c1ccc(S(=O)(=O)N2CCCCCC2)cc1. The third-order valence-corrected chi connectivity index (χ3v) is 7.51. The smallest absolute Gasteiger partial charge is 0.338 e. The molecule has 0 aromatic heterocycles. The number of hydrogen-bond donors (Lipinski definition) is 1. The second kappa shape index (κ2) is 11.0. The topological polar surface area (TPSA) is 102 Å². The van der Waals surface area contributed by atoms with Gasteiger partial charge in [0.2, 0.25) is 10.0 Å². The normalized spacial score (nSPS) is 15.8. The molecule has 1 aliphatic heterocycles. The first-order valence-electron chi connectivity index (χ1n) is 10.7. The van der Waals surface area contributed by atoms with Crippen LogP contribution in [-0.4, -0.2) is 50.9 Å². The number of rotatable bonds is 7. The number of esters is 1. The van der Waals surface area contributed by atoms with E-state index in [-0.39, 0.29) is 10.5 Å². The molecule has 10 heteroatoms. The standard InChI is InChI=1S/C23H27ClN2O6S/c1-16(22(27)25-20-15-18(24)9-12-21(20)31-2)32-23(28)17-7-10-19(11-8-17)33(29,30)26-13-5-3-4-6-14-26/h7-12,15-16H,3-6,13-14H2,1-2H3,(H,25,27). The molecule has 1 amide bonds. The molecule has 0 bridgehead atoms. The van der Waals surface area contributed by atoms with Gasteiger partial charge in [-0.25, -0.2) is 13.2 Å².